The first kappa shape index (κ1) is 18.4. The molecule has 0 aromatic heterocycles. The molecule has 0 unspecified atom stereocenters. The van der Waals surface area contributed by atoms with Gasteiger partial charge in [0.15, 0.2) is 0 Å². The first-order valence-electron chi connectivity index (χ1n) is 6.20. The first-order valence-corrected chi connectivity index (χ1v) is 9.30. The molecule has 1 N–H and O–H groups in total. The van der Waals surface area contributed by atoms with Gasteiger partial charge in [-0.2, -0.15) is 0 Å². The van der Waals surface area contributed by atoms with E-state index in [4.69, 9.17) is 10.7 Å². The Morgan fingerprint density at radius 3 is 2.48 bits per heavy atom. The van der Waals surface area contributed by atoms with Gasteiger partial charge in [0.25, 0.3) is 15.0 Å². The Kier molecular flexibility index (Phi) is 5.80. The number of carbonyl (C=O) groups excluding carboxylic acids is 1. The van der Waals surface area contributed by atoms with Crippen molar-refractivity contribution in [3.63, 3.8) is 0 Å². The Morgan fingerprint density at radius 1 is 1.43 bits per heavy atom. The van der Waals surface area contributed by atoms with E-state index in [0.717, 1.165) is 18.6 Å². The van der Waals surface area contributed by atoms with E-state index >= 15 is 0 Å². The molecule has 0 radical (unpaired) electrons. The van der Waals surface area contributed by atoms with E-state index in [1.165, 1.54) is 0 Å². The number of halogens is 3. The summed E-state index contributed by atoms with van der Waals surface area (Å²) in [5.74, 6) is -1.51. The molecule has 1 aromatic rings. The maximum absolute atomic E-state index is 13.6. The van der Waals surface area contributed by atoms with Gasteiger partial charge in [0, 0.05) is 21.7 Å². The summed E-state index contributed by atoms with van der Waals surface area (Å²) in [6, 6.07) is 1.84. The minimum atomic E-state index is -4.26. The van der Waals surface area contributed by atoms with Crippen LogP contribution < -0.4 is 5.32 Å². The third kappa shape index (κ3) is 4.93. The topological polar surface area (TPSA) is 63.2 Å². The Morgan fingerprint density at radius 2 is 2.00 bits per heavy atom. The average Bonchev–Trinajstić information content (AvgIpc) is 2.34. The van der Waals surface area contributed by atoms with Crippen molar-refractivity contribution in [2.24, 2.45) is 5.41 Å². The van der Waals surface area contributed by atoms with Gasteiger partial charge < -0.3 is 5.32 Å². The van der Waals surface area contributed by atoms with Crippen molar-refractivity contribution in [2.45, 2.75) is 32.1 Å². The number of nitrogens with one attached hydrogen (secondary N) is 1. The Labute approximate surface area is 136 Å². The van der Waals surface area contributed by atoms with E-state index in [9.17, 15) is 17.6 Å². The molecule has 0 aliphatic carbocycles. The second-order valence-electron chi connectivity index (χ2n) is 5.40. The van der Waals surface area contributed by atoms with Gasteiger partial charge in [0.1, 0.15) is 10.7 Å². The van der Waals surface area contributed by atoms with Gasteiger partial charge in [0.2, 0.25) is 0 Å². The highest BCUT2D eigenvalue weighted by atomic mass is 79.9. The molecular weight excluding hydrogens is 385 g/mol. The van der Waals surface area contributed by atoms with Gasteiger partial charge in [-0.15, -0.1) is 0 Å². The molecule has 1 rings (SSSR count). The van der Waals surface area contributed by atoms with Crippen LogP contribution in [-0.4, -0.2) is 20.9 Å². The molecule has 0 heterocycles. The fraction of sp³-hybridized carbons (Fsp3) is 0.462. The van der Waals surface area contributed by atoms with Crippen molar-refractivity contribution in [2.75, 3.05) is 6.54 Å². The van der Waals surface area contributed by atoms with Crippen LogP contribution in [0.2, 0.25) is 0 Å². The molecule has 21 heavy (non-hydrogen) atoms. The van der Waals surface area contributed by atoms with E-state index in [0.29, 0.717) is 6.54 Å². The van der Waals surface area contributed by atoms with Crippen LogP contribution in [-0.2, 0) is 9.05 Å². The van der Waals surface area contributed by atoms with Crippen molar-refractivity contribution in [3.05, 3.63) is 28.0 Å². The molecule has 0 bridgehead atoms. The fourth-order valence-electron chi connectivity index (χ4n) is 1.43. The molecule has 8 heteroatoms. The molecule has 0 aliphatic rings. The van der Waals surface area contributed by atoms with Crippen LogP contribution in [0, 0.1) is 11.2 Å². The molecule has 0 fully saturated rings. The highest BCUT2D eigenvalue weighted by Crippen LogP contribution is 2.27. The summed E-state index contributed by atoms with van der Waals surface area (Å²) in [5, 5.41) is 2.70. The van der Waals surface area contributed by atoms with Gasteiger partial charge in [-0.05, 0) is 39.9 Å². The minimum Gasteiger partial charge on any atom is -0.351 e. The van der Waals surface area contributed by atoms with Crippen molar-refractivity contribution in [1.29, 1.82) is 0 Å². The van der Waals surface area contributed by atoms with Crippen LogP contribution in [0.3, 0.4) is 0 Å². The van der Waals surface area contributed by atoms with Gasteiger partial charge in [-0.1, -0.05) is 20.8 Å². The highest BCUT2D eigenvalue weighted by molar-refractivity contribution is 9.10. The van der Waals surface area contributed by atoms with E-state index in [-0.39, 0.29) is 15.5 Å². The van der Waals surface area contributed by atoms with Crippen LogP contribution in [0.4, 0.5) is 4.39 Å². The van der Waals surface area contributed by atoms with Crippen LogP contribution in [0.5, 0.6) is 0 Å². The second kappa shape index (κ2) is 6.62. The maximum atomic E-state index is 13.6. The zero-order valence-corrected chi connectivity index (χ0v) is 15.0. The zero-order valence-electron chi connectivity index (χ0n) is 11.8. The standard InChI is InChI=1S/C13H16BrClFNO3S/c1-4-13(2,3)7-17-12(18)8-5-11(21(15,19)20)10(16)6-9(8)14/h5-6H,4,7H2,1-3H3,(H,17,18). The van der Waals surface area contributed by atoms with Crippen molar-refractivity contribution in [3.8, 4) is 0 Å². The SMILES string of the molecule is CCC(C)(C)CNC(=O)c1cc(S(=O)(=O)Cl)c(F)cc1Br. The molecule has 4 nitrogen and oxygen atoms in total. The number of hydrogen-bond acceptors (Lipinski definition) is 3. The largest absolute Gasteiger partial charge is 0.351 e. The molecule has 0 saturated carbocycles. The fourth-order valence-corrected chi connectivity index (χ4v) is 2.83. The number of amides is 1. The second-order valence-corrected chi connectivity index (χ2v) is 8.79. The predicted molar refractivity (Wildman–Crippen MR) is 83.5 cm³/mol. The lowest BCUT2D eigenvalue weighted by Crippen LogP contribution is -2.33. The molecule has 118 valence electrons. The monoisotopic (exact) mass is 399 g/mol. The molecule has 0 atom stereocenters. The van der Waals surface area contributed by atoms with Crippen molar-refractivity contribution < 1.29 is 17.6 Å². The third-order valence-electron chi connectivity index (χ3n) is 3.21. The molecule has 1 aromatic carbocycles. The normalized spacial score (nSPS) is 12.3. The van der Waals surface area contributed by atoms with Gasteiger partial charge in [0.05, 0.1) is 5.56 Å². The van der Waals surface area contributed by atoms with Gasteiger partial charge in [-0.25, -0.2) is 12.8 Å². The lowest BCUT2D eigenvalue weighted by atomic mass is 9.90. The summed E-state index contributed by atoms with van der Waals surface area (Å²) in [6.45, 7) is 6.39. The zero-order chi connectivity index (χ0) is 16.4. The summed E-state index contributed by atoms with van der Waals surface area (Å²) in [4.78, 5) is 11.4. The Hall–Kier alpha value is -0.660. The Balaban J connectivity index is 3.11. The third-order valence-corrected chi connectivity index (χ3v) is 5.21. The summed E-state index contributed by atoms with van der Waals surface area (Å²) >= 11 is 3.05. The van der Waals surface area contributed by atoms with Gasteiger partial charge >= 0.3 is 0 Å². The number of benzene rings is 1. The van der Waals surface area contributed by atoms with Crippen LogP contribution in [0.1, 0.15) is 37.6 Å². The summed E-state index contributed by atoms with van der Waals surface area (Å²) in [5.41, 5.74) is -0.0775. The van der Waals surface area contributed by atoms with E-state index in [1.807, 2.05) is 20.8 Å². The van der Waals surface area contributed by atoms with E-state index in [1.54, 1.807) is 0 Å². The average molecular weight is 401 g/mol. The van der Waals surface area contributed by atoms with Crippen LogP contribution in [0.25, 0.3) is 0 Å². The van der Waals surface area contributed by atoms with E-state index in [2.05, 4.69) is 21.2 Å². The molecule has 0 aliphatic heterocycles. The molecule has 0 saturated heterocycles. The van der Waals surface area contributed by atoms with Gasteiger partial charge in [-0.3, -0.25) is 4.79 Å². The minimum absolute atomic E-state index is 0.0162. The summed E-state index contributed by atoms with van der Waals surface area (Å²) < 4.78 is 36.3. The predicted octanol–water partition coefficient (Wildman–Crippen LogP) is 3.68. The van der Waals surface area contributed by atoms with Crippen LogP contribution in [0.15, 0.2) is 21.5 Å². The summed E-state index contributed by atoms with van der Waals surface area (Å²) in [7, 11) is 0.892. The van der Waals surface area contributed by atoms with Crippen molar-refractivity contribution >= 4 is 41.6 Å². The molecular formula is C13H16BrClFNO3S. The van der Waals surface area contributed by atoms with Crippen molar-refractivity contribution in [1.82, 2.24) is 5.32 Å². The number of carbonyl (C=O) groups is 1. The lowest BCUT2D eigenvalue weighted by molar-refractivity contribution is 0.0934. The quantitative estimate of drug-likeness (QED) is 0.767. The summed E-state index contributed by atoms with van der Waals surface area (Å²) in [6.07, 6.45) is 0.860. The highest BCUT2D eigenvalue weighted by Gasteiger charge is 2.23. The maximum Gasteiger partial charge on any atom is 0.264 e. The van der Waals surface area contributed by atoms with Crippen LogP contribution >= 0.6 is 26.6 Å². The number of hydrogen-bond donors (Lipinski definition) is 1. The first-order chi connectivity index (χ1) is 9.48. The lowest BCUT2D eigenvalue weighted by Gasteiger charge is -2.23. The Bertz CT molecular complexity index is 662. The number of rotatable bonds is 5. The smallest absolute Gasteiger partial charge is 0.264 e. The molecule has 1 amide bonds. The molecule has 0 spiro atoms. The van der Waals surface area contributed by atoms with E-state index < -0.39 is 25.7 Å².